The van der Waals surface area contributed by atoms with Crippen LogP contribution in [-0.2, 0) is 0 Å². The van der Waals surface area contributed by atoms with Crippen molar-refractivity contribution in [1.29, 1.82) is 0 Å². The van der Waals surface area contributed by atoms with Crippen molar-refractivity contribution in [3.63, 3.8) is 0 Å². The first-order valence-corrected chi connectivity index (χ1v) is 9.95. The van der Waals surface area contributed by atoms with Crippen LogP contribution in [0.2, 0.25) is 0 Å². The lowest BCUT2D eigenvalue weighted by Gasteiger charge is -2.34. The zero-order valence-corrected chi connectivity index (χ0v) is 17.0. The van der Waals surface area contributed by atoms with Crippen molar-refractivity contribution < 1.29 is 14.4 Å². The molecule has 0 atom stereocenters. The maximum Gasteiger partial charge on any atom is 0.323 e. The average Bonchev–Trinajstić information content (AvgIpc) is 2.83. The fourth-order valence-corrected chi connectivity index (χ4v) is 3.53. The number of benzene rings is 2. The Labute approximate surface area is 179 Å². The Hall–Kier alpha value is -4.01. The van der Waals surface area contributed by atoms with Crippen LogP contribution >= 0.6 is 0 Å². The Balaban J connectivity index is 1.36. The molecule has 2 aromatic carbocycles. The van der Waals surface area contributed by atoms with Gasteiger partial charge in [0.2, 0.25) is 0 Å². The third-order valence-electron chi connectivity index (χ3n) is 5.23. The highest BCUT2D eigenvalue weighted by molar-refractivity contribution is 6.07. The molecule has 3 aromatic rings. The molecule has 31 heavy (non-hydrogen) atoms. The summed E-state index contributed by atoms with van der Waals surface area (Å²) in [7, 11) is 1.50. The lowest BCUT2D eigenvalue weighted by atomic mass is 10.0. The van der Waals surface area contributed by atoms with Crippen molar-refractivity contribution >= 4 is 34.4 Å². The minimum atomic E-state index is -0.350. The molecule has 158 valence electrons. The van der Waals surface area contributed by atoms with Gasteiger partial charge in [0.15, 0.2) is 11.5 Å². The minimum absolute atomic E-state index is 0.0347. The highest BCUT2D eigenvalue weighted by Crippen LogP contribution is 2.20. The molecule has 0 spiro atoms. The van der Waals surface area contributed by atoms with Crippen LogP contribution in [0.15, 0.2) is 54.6 Å². The molecule has 1 aliphatic heterocycles. The normalized spacial score (nSPS) is 13.7. The molecule has 4 rings (SSSR count). The van der Waals surface area contributed by atoms with Crippen LogP contribution in [0.25, 0.3) is 10.8 Å². The molecule has 9 nitrogen and oxygen atoms in total. The van der Waals surface area contributed by atoms with E-state index in [1.165, 1.54) is 19.2 Å². The van der Waals surface area contributed by atoms with Crippen LogP contribution in [0, 0.1) is 0 Å². The smallest absolute Gasteiger partial charge is 0.323 e. The van der Waals surface area contributed by atoms with E-state index in [2.05, 4.69) is 20.8 Å². The van der Waals surface area contributed by atoms with Crippen LogP contribution < -0.4 is 10.6 Å². The second-order valence-electron chi connectivity index (χ2n) is 7.12. The Morgan fingerprint density at radius 2 is 1.55 bits per heavy atom. The van der Waals surface area contributed by atoms with Crippen molar-refractivity contribution in [2.75, 3.05) is 38.5 Å². The van der Waals surface area contributed by atoms with Gasteiger partial charge in [-0.05, 0) is 29.0 Å². The van der Waals surface area contributed by atoms with Gasteiger partial charge in [-0.1, -0.05) is 36.4 Å². The van der Waals surface area contributed by atoms with E-state index >= 15 is 0 Å². The van der Waals surface area contributed by atoms with E-state index in [1.807, 2.05) is 42.5 Å². The van der Waals surface area contributed by atoms with Crippen molar-refractivity contribution in [3.05, 3.63) is 65.9 Å². The summed E-state index contributed by atoms with van der Waals surface area (Å²) in [5, 5.41) is 14.7. The fourth-order valence-electron chi connectivity index (χ4n) is 3.53. The third kappa shape index (κ3) is 4.30. The van der Waals surface area contributed by atoms with Gasteiger partial charge in [0, 0.05) is 38.8 Å². The molecular weight excluding hydrogens is 396 g/mol. The van der Waals surface area contributed by atoms with E-state index in [9.17, 15) is 14.4 Å². The van der Waals surface area contributed by atoms with Gasteiger partial charge in [0.25, 0.3) is 11.8 Å². The standard InChI is InChI=1S/C22H22N6O3/c1-23-20(29)18-9-10-19(26-25-18)24-22(31)28-13-11-27(12-14-28)21(30)17-8-4-6-15-5-2-3-7-16(15)17/h2-10H,11-14H2,1H3,(H,23,29)(H,24,26,31). The number of nitrogens with zero attached hydrogens (tertiary/aromatic N) is 4. The predicted octanol–water partition coefficient (Wildman–Crippen LogP) is 1.98. The van der Waals surface area contributed by atoms with Gasteiger partial charge in [0.1, 0.15) is 0 Å². The summed E-state index contributed by atoms with van der Waals surface area (Å²) in [6, 6.07) is 16.2. The summed E-state index contributed by atoms with van der Waals surface area (Å²) < 4.78 is 0. The monoisotopic (exact) mass is 418 g/mol. The van der Waals surface area contributed by atoms with Gasteiger partial charge in [-0.15, -0.1) is 10.2 Å². The average molecular weight is 418 g/mol. The summed E-state index contributed by atoms with van der Waals surface area (Å²) in [6.07, 6.45) is 0. The molecule has 0 aliphatic carbocycles. The van der Waals surface area contributed by atoms with E-state index in [0.29, 0.717) is 31.7 Å². The van der Waals surface area contributed by atoms with Gasteiger partial charge in [-0.3, -0.25) is 14.9 Å². The molecule has 0 radical (unpaired) electrons. The van der Waals surface area contributed by atoms with Crippen LogP contribution in [-0.4, -0.2) is 71.1 Å². The highest BCUT2D eigenvalue weighted by Gasteiger charge is 2.26. The van der Waals surface area contributed by atoms with Crippen LogP contribution in [0.1, 0.15) is 20.8 Å². The molecule has 1 aliphatic rings. The predicted molar refractivity (Wildman–Crippen MR) is 116 cm³/mol. The summed E-state index contributed by atoms with van der Waals surface area (Å²) in [5.74, 6) is -0.128. The zero-order chi connectivity index (χ0) is 21.8. The SMILES string of the molecule is CNC(=O)c1ccc(NC(=O)N2CCN(C(=O)c3cccc4ccccc34)CC2)nn1. The van der Waals surface area contributed by atoms with E-state index in [-0.39, 0.29) is 29.4 Å². The van der Waals surface area contributed by atoms with Crippen molar-refractivity contribution in [1.82, 2.24) is 25.3 Å². The first kappa shape index (κ1) is 20.3. The molecule has 4 amide bonds. The Morgan fingerprint density at radius 1 is 0.839 bits per heavy atom. The summed E-state index contributed by atoms with van der Waals surface area (Å²) in [6.45, 7) is 1.70. The first-order valence-electron chi connectivity index (χ1n) is 9.95. The maximum atomic E-state index is 13.0. The van der Waals surface area contributed by atoms with E-state index in [1.54, 1.807) is 9.80 Å². The number of urea groups is 1. The molecule has 0 saturated carbocycles. The van der Waals surface area contributed by atoms with Crippen LogP contribution in [0.5, 0.6) is 0 Å². The van der Waals surface area contributed by atoms with Gasteiger partial charge in [-0.25, -0.2) is 4.79 Å². The molecule has 0 bridgehead atoms. The second-order valence-corrected chi connectivity index (χ2v) is 7.12. The van der Waals surface area contributed by atoms with Crippen molar-refractivity contribution in [2.24, 2.45) is 0 Å². The third-order valence-corrected chi connectivity index (χ3v) is 5.23. The number of amides is 4. The number of piperazine rings is 1. The molecular formula is C22H22N6O3. The van der Waals surface area contributed by atoms with E-state index in [4.69, 9.17) is 0 Å². The number of carbonyl (C=O) groups excluding carboxylic acids is 3. The minimum Gasteiger partial charge on any atom is -0.354 e. The molecule has 1 aromatic heterocycles. The molecule has 0 unspecified atom stereocenters. The second kappa shape index (κ2) is 8.78. The number of anilines is 1. The summed E-state index contributed by atoms with van der Waals surface area (Å²) in [4.78, 5) is 40.5. The molecule has 1 saturated heterocycles. The molecule has 9 heteroatoms. The van der Waals surface area contributed by atoms with Crippen LogP contribution in [0.3, 0.4) is 0 Å². The molecule has 2 N–H and O–H groups in total. The number of fused-ring (bicyclic) bond motifs is 1. The Bertz CT molecular complexity index is 1120. The van der Waals surface area contributed by atoms with E-state index in [0.717, 1.165) is 10.8 Å². The molecule has 2 heterocycles. The highest BCUT2D eigenvalue weighted by atomic mass is 16.2. The number of hydrogen-bond acceptors (Lipinski definition) is 5. The van der Waals surface area contributed by atoms with Gasteiger partial charge in [0.05, 0.1) is 0 Å². The molecule has 1 fully saturated rings. The summed E-state index contributed by atoms with van der Waals surface area (Å²) >= 11 is 0. The maximum absolute atomic E-state index is 13.0. The number of carbonyl (C=O) groups is 3. The van der Waals surface area contributed by atoms with Crippen molar-refractivity contribution in [2.45, 2.75) is 0 Å². The Morgan fingerprint density at radius 3 is 2.26 bits per heavy atom. The lowest BCUT2D eigenvalue weighted by molar-refractivity contribution is 0.0673. The topological polar surface area (TPSA) is 108 Å². The van der Waals surface area contributed by atoms with E-state index < -0.39 is 0 Å². The Kier molecular flexibility index (Phi) is 5.74. The number of aromatic nitrogens is 2. The number of hydrogen-bond donors (Lipinski definition) is 2. The number of nitrogens with one attached hydrogen (secondary N) is 2. The largest absolute Gasteiger partial charge is 0.354 e. The van der Waals surface area contributed by atoms with Crippen molar-refractivity contribution in [3.8, 4) is 0 Å². The van der Waals surface area contributed by atoms with Gasteiger partial charge >= 0.3 is 6.03 Å². The lowest BCUT2D eigenvalue weighted by Crippen LogP contribution is -2.51. The fraction of sp³-hybridized carbons (Fsp3) is 0.227. The summed E-state index contributed by atoms with van der Waals surface area (Å²) in [5.41, 5.74) is 0.837. The quantitative estimate of drug-likeness (QED) is 0.676. The first-order chi connectivity index (χ1) is 15.1. The van der Waals surface area contributed by atoms with Gasteiger partial charge < -0.3 is 15.1 Å². The van der Waals surface area contributed by atoms with Crippen LogP contribution in [0.4, 0.5) is 10.6 Å². The van der Waals surface area contributed by atoms with Gasteiger partial charge in [-0.2, -0.15) is 0 Å². The number of rotatable bonds is 3. The zero-order valence-electron chi connectivity index (χ0n) is 17.0.